The van der Waals surface area contributed by atoms with E-state index in [1.54, 1.807) is 10.8 Å². The smallest absolute Gasteiger partial charge is 0.161 e. The second-order valence-electron chi connectivity index (χ2n) is 2.34. The minimum absolute atomic E-state index is 0.138. The second kappa shape index (κ2) is 5.42. The zero-order chi connectivity index (χ0) is 9.68. The molecule has 0 saturated heterocycles. The third kappa shape index (κ3) is 4.45. The highest BCUT2D eigenvalue weighted by atomic mass is 35.5. The Morgan fingerprint density at radius 1 is 1.38 bits per heavy atom. The summed E-state index contributed by atoms with van der Waals surface area (Å²) in [6.07, 6.45) is 0. The summed E-state index contributed by atoms with van der Waals surface area (Å²) in [5, 5.41) is 7.87. The molecule has 0 heterocycles. The summed E-state index contributed by atoms with van der Waals surface area (Å²) in [6.45, 7) is 0. The Kier molecular flexibility index (Phi) is 4.48. The van der Waals surface area contributed by atoms with E-state index >= 15 is 0 Å². The average molecular weight is 233 g/mol. The Morgan fingerprint density at radius 3 is 2.54 bits per heavy atom. The molecule has 0 amide bonds. The molecule has 0 aliphatic carbocycles. The van der Waals surface area contributed by atoms with Crippen LogP contribution in [0.5, 0.6) is 0 Å². The van der Waals surface area contributed by atoms with Crippen molar-refractivity contribution in [1.29, 1.82) is 5.41 Å². The fourth-order valence-corrected chi connectivity index (χ4v) is 2.35. The summed E-state index contributed by atoms with van der Waals surface area (Å²) in [5.41, 5.74) is 6.37. The number of hydrogen-bond donors (Lipinski definition) is 2. The molecule has 0 saturated carbocycles. The van der Waals surface area contributed by atoms with E-state index in [2.05, 4.69) is 0 Å². The topological polar surface area (TPSA) is 49.9 Å². The average Bonchev–Trinajstić information content (AvgIpc) is 2.08. The van der Waals surface area contributed by atoms with Gasteiger partial charge in [0.05, 0.1) is 0 Å². The Balaban J connectivity index is 2.37. The van der Waals surface area contributed by atoms with Crippen molar-refractivity contribution in [2.45, 2.75) is 5.75 Å². The molecule has 3 N–H and O–H groups in total. The van der Waals surface area contributed by atoms with Gasteiger partial charge in [0, 0.05) is 10.8 Å². The molecule has 0 unspecified atom stereocenters. The van der Waals surface area contributed by atoms with Gasteiger partial charge in [0.2, 0.25) is 0 Å². The van der Waals surface area contributed by atoms with Crippen molar-refractivity contribution in [3.63, 3.8) is 0 Å². The molecule has 1 aromatic carbocycles. The zero-order valence-corrected chi connectivity index (χ0v) is 9.18. The molecule has 0 atom stereocenters. The van der Waals surface area contributed by atoms with Crippen LogP contribution in [0, 0.1) is 5.41 Å². The highest BCUT2D eigenvalue weighted by molar-refractivity contribution is 8.81. The van der Waals surface area contributed by atoms with E-state index in [-0.39, 0.29) is 5.17 Å². The van der Waals surface area contributed by atoms with Gasteiger partial charge in [0.15, 0.2) is 5.17 Å². The molecule has 0 spiro atoms. The molecule has 13 heavy (non-hydrogen) atoms. The zero-order valence-electron chi connectivity index (χ0n) is 6.79. The first-order valence-corrected chi connectivity index (χ1v) is 6.26. The fourth-order valence-electron chi connectivity index (χ4n) is 0.742. The molecule has 0 aliphatic rings. The molecule has 0 aliphatic heterocycles. The van der Waals surface area contributed by atoms with Crippen molar-refractivity contribution in [2.75, 3.05) is 0 Å². The van der Waals surface area contributed by atoms with Gasteiger partial charge in [-0.05, 0) is 28.5 Å². The molecule has 0 fully saturated rings. The van der Waals surface area contributed by atoms with E-state index in [1.165, 1.54) is 16.4 Å². The van der Waals surface area contributed by atoms with Crippen molar-refractivity contribution in [2.24, 2.45) is 5.73 Å². The normalized spacial score (nSPS) is 9.92. The SMILES string of the molecule is N=C(N)SSCc1ccc(Cl)cc1. The van der Waals surface area contributed by atoms with E-state index in [0.29, 0.717) is 0 Å². The third-order valence-corrected chi connectivity index (χ3v) is 3.53. The van der Waals surface area contributed by atoms with Crippen LogP contribution >= 0.6 is 33.2 Å². The van der Waals surface area contributed by atoms with Crippen molar-refractivity contribution in [3.8, 4) is 0 Å². The van der Waals surface area contributed by atoms with Crippen LogP contribution in [0.1, 0.15) is 5.56 Å². The summed E-state index contributed by atoms with van der Waals surface area (Å²) < 4.78 is 0. The molecule has 5 heteroatoms. The van der Waals surface area contributed by atoms with Crippen LogP contribution in [0.4, 0.5) is 0 Å². The molecule has 1 rings (SSSR count). The van der Waals surface area contributed by atoms with Gasteiger partial charge in [-0.1, -0.05) is 34.5 Å². The Bertz CT molecular complexity index is 287. The van der Waals surface area contributed by atoms with Crippen LogP contribution in [-0.4, -0.2) is 5.17 Å². The molecule has 2 nitrogen and oxygen atoms in total. The van der Waals surface area contributed by atoms with Crippen LogP contribution in [0.15, 0.2) is 24.3 Å². The number of nitrogens with two attached hydrogens (primary N) is 1. The summed E-state index contributed by atoms with van der Waals surface area (Å²) >= 11 is 5.73. The molecular weight excluding hydrogens is 224 g/mol. The van der Waals surface area contributed by atoms with Crippen LogP contribution in [0.2, 0.25) is 5.02 Å². The molecule has 1 aromatic rings. The van der Waals surface area contributed by atoms with Crippen molar-refractivity contribution >= 4 is 38.4 Å². The van der Waals surface area contributed by atoms with Crippen LogP contribution < -0.4 is 5.73 Å². The van der Waals surface area contributed by atoms with Gasteiger partial charge in [-0.25, -0.2) is 0 Å². The van der Waals surface area contributed by atoms with E-state index < -0.39 is 0 Å². The predicted octanol–water partition coefficient (Wildman–Crippen LogP) is 3.11. The van der Waals surface area contributed by atoms with Gasteiger partial charge < -0.3 is 5.73 Å². The highest BCUT2D eigenvalue weighted by Crippen LogP contribution is 2.25. The van der Waals surface area contributed by atoms with E-state index in [4.69, 9.17) is 22.7 Å². The van der Waals surface area contributed by atoms with E-state index in [1.807, 2.05) is 24.3 Å². The minimum atomic E-state index is 0.138. The van der Waals surface area contributed by atoms with Gasteiger partial charge in [0.1, 0.15) is 0 Å². The number of hydrogen-bond acceptors (Lipinski definition) is 3. The first-order valence-electron chi connectivity index (χ1n) is 3.56. The molecular formula is C8H9ClN2S2. The largest absolute Gasteiger partial charge is 0.378 e. The lowest BCUT2D eigenvalue weighted by Gasteiger charge is -1.99. The third-order valence-electron chi connectivity index (χ3n) is 1.29. The Hall–Kier alpha value is -0.320. The van der Waals surface area contributed by atoms with Gasteiger partial charge in [0.25, 0.3) is 0 Å². The van der Waals surface area contributed by atoms with Crippen molar-refractivity contribution in [1.82, 2.24) is 0 Å². The number of amidine groups is 1. The van der Waals surface area contributed by atoms with Gasteiger partial charge in [-0.2, -0.15) is 0 Å². The van der Waals surface area contributed by atoms with E-state index in [0.717, 1.165) is 10.8 Å². The van der Waals surface area contributed by atoms with Crippen molar-refractivity contribution < 1.29 is 0 Å². The lowest BCUT2D eigenvalue weighted by Crippen LogP contribution is -2.00. The summed E-state index contributed by atoms with van der Waals surface area (Å²) in [4.78, 5) is 0. The number of benzene rings is 1. The number of nitrogens with one attached hydrogen (secondary N) is 1. The lowest BCUT2D eigenvalue weighted by molar-refractivity contribution is 1.43. The maximum Gasteiger partial charge on any atom is 0.161 e. The summed E-state index contributed by atoms with van der Waals surface area (Å²) in [6, 6.07) is 7.65. The maximum absolute atomic E-state index is 6.99. The Labute approximate surface area is 90.1 Å². The van der Waals surface area contributed by atoms with Crippen LogP contribution in [0.25, 0.3) is 0 Å². The first-order chi connectivity index (χ1) is 6.18. The van der Waals surface area contributed by atoms with Crippen molar-refractivity contribution in [3.05, 3.63) is 34.9 Å². The van der Waals surface area contributed by atoms with Gasteiger partial charge in [-0.15, -0.1) is 0 Å². The minimum Gasteiger partial charge on any atom is -0.378 e. The Morgan fingerprint density at radius 2 is 2.00 bits per heavy atom. The highest BCUT2D eigenvalue weighted by Gasteiger charge is 1.95. The molecule has 70 valence electrons. The number of halogens is 1. The maximum atomic E-state index is 6.99. The van der Waals surface area contributed by atoms with E-state index in [9.17, 15) is 0 Å². The van der Waals surface area contributed by atoms with Crippen LogP contribution in [0.3, 0.4) is 0 Å². The predicted molar refractivity (Wildman–Crippen MR) is 62.3 cm³/mol. The molecule has 0 bridgehead atoms. The summed E-state index contributed by atoms with van der Waals surface area (Å²) in [7, 11) is 2.82. The number of rotatable bonds is 3. The monoisotopic (exact) mass is 232 g/mol. The first kappa shape index (κ1) is 10.8. The summed E-state index contributed by atoms with van der Waals surface area (Å²) in [5.74, 6) is 0.835. The van der Waals surface area contributed by atoms with Gasteiger partial charge in [-0.3, -0.25) is 5.41 Å². The second-order valence-corrected chi connectivity index (χ2v) is 5.11. The van der Waals surface area contributed by atoms with Gasteiger partial charge >= 0.3 is 0 Å². The molecule has 0 aromatic heterocycles. The quantitative estimate of drug-likeness (QED) is 0.478. The standard InChI is InChI=1S/C8H9ClN2S2/c9-7-3-1-6(2-4-7)5-12-13-8(10)11/h1-4H,5H2,(H3,10,11). The molecule has 0 radical (unpaired) electrons. The fraction of sp³-hybridized carbons (Fsp3) is 0.125. The van der Waals surface area contributed by atoms with Crippen LogP contribution in [-0.2, 0) is 5.75 Å². The lowest BCUT2D eigenvalue weighted by atomic mass is 10.2.